The second-order valence-electron chi connectivity index (χ2n) is 6.25. The zero-order chi connectivity index (χ0) is 20.8. The van der Waals surface area contributed by atoms with E-state index in [4.69, 9.17) is 11.6 Å². The van der Waals surface area contributed by atoms with Crippen LogP contribution >= 0.6 is 11.6 Å². The van der Waals surface area contributed by atoms with E-state index < -0.39 is 23.6 Å². The SMILES string of the molecule is O=C(CNc1ccccc1F)Nc1ccc(Cl)cc1C(=O)C(O)c1ccccc1. The van der Waals surface area contributed by atoms with Crippen LogP contribution in [0.4, 0.5) is 15.8 Å². The first-order chi connectivity index (χ1) is 14.0. The molecule has 7 heteroatoms. The molecule has 1 unspecified atom stereocenters. The summed E-state index contributed by atoms with van der Waals surface area (Å²) >= 11 is 6.01. The van der Waals surface area contributed by atoms with Crippen LogP contribution in [0.25, 0.3) is 0 Å². The third kappa shape index (κ3) is 5.19. The van der Waals surface area contributed by atoms with Gasteiger partial charge in [-0.25, -0.2) is 4.39 Å². The Morgan fingerprint density at radius 3 is 2.38 bits per heavy atom. The van der Waals surface area contributed by atoms with Crippen molar-refractivity contribution in [2.75, 3.05) is 17.2 Å². The van der Waals surface area contributed by atoms with E-state index in [1.54, 1.807) is 42.5 Å². The maximum Gasteiger partial charge on any atom is 0.243 e. The number of hydrogen-bond donors (Lipinski definition) is 3. The second kappa shape index (κ2) is 9.32. The van der Waals surface area contributed by atoms with Gasteiger partial charge in [-0.15, -0.1) is 0 Å². The maximum absolute atomic E-state index is 13.7. The summed E-state index contributed by atoms with van der Waals surface area (Å²) in [5.41, 5.74) is 0.897. The van der Waals surface area contributed by atoms with Gasteiger partial charge in [0.1, 0.15) is 11.9 Å². The number of amides is 1. The number of carbonyl (C=O) groups excluding carboxylic acids is 2. The minimum atomic E-state index is -1.40. The van der Waals surface area contributed by atoms with Crippen molar-refractivity contribution in [1.29, 1.82) is 0 Å². The Morgan fingerprint density at radius 2 is 1.66 bits per heavy atom. The lowest BCUT2D eigenvalue weighted by Crippen LogP contribution is -2.24. The van der Waals surface area contributed by atoms with E-state index in [1.807, 2.05) is 0 Å². The molecular formula is C22H18ClFN2O3. The molecule has 0 aliphatic heterocycles. The molecule has 0 aromatic heterocycles. The van der Waals surface area contributed by atoms with Crippen LogP contribution in [0.5, 0.6) is 0 Å². The monoisotopic (exact) mass is 412 g/mol. The quantitative estimate of drug-likeness (QED) is 0.501. The number of nitrogens with one attached hydrogen (secondary N) is 2. The van der Waals surface area contributed by atoms with E-state index in [-0.39, 0.29) is 28.5 Å². The number of Topliss-reactive ketones (excluding diaryl/α,β-unsaturated/α-hetero) is 1. The maximum atomic E-state index is 13.7. The molecule has 5 nitrogen and oxygen atoms in total. The summed E-state index contributed by atoms with van der Waals surface area (Å²) in [7, 11) is 0. The average molecular weight is 413 g/mol. The number of anilines is 2. The number of aliphatic hydroxyl groups is 1. The second-order valence-corrected chi connectivity index (χ2v) is 6.69. The molecule has 148 valence electrons. The third-order valence-electron chi connectivity index (χ3n) is 4.20. The molecule has 3 rings (SSSR count). The van der Waals surface area contributed by atoms with Crippen molar-refractivity contribution in [2.24, 2.45) is 0 Å². The number of aliphatic hydroxyl groups excluding tert-OH is 1. The van der Waals surface area contributed by atoms with Crippen molar-refractivity contribution in [2.45, 2.75) is 6.10 Å². The van der Waals surface area contributed by atoms with Gasteiger partial charge in [-0.05, 0) is 35.9 Å². The number of benzene rings is 3. The van der Waals surface area contributed by atoms with Crippen LogP contribution in [0.15, 0.2) is 72.8 Å². The molecule has 3 aromatic rings. The first kappa shape index (κ1) is 20.5. The molecule has 0 saturated carbocycles. The normalized spacial score (nSPS) is 11.6. The van der Waals surface area contributed by atoms with Gasteiger partial charge in [0, 0.05) is 10.6 Å². The number of carbonyl (C=O) groups is 2. The molecule has 0 fully saturated rings. The fourth-order valence-corrected chi connectivity index (χ4v) is 2.91. The predicted molar refractivity (Wildman–Crippen MR) is 111 cm³/mol. The molecule has 0 heterocycles. The highest BCUT2D eigenvalue weighted by Gasteiger charge is 2.23. The van der Waals surface area contributed by atoms with Crippen LogP contribution in [0.2, 0.25) is 5.02 Å². The fourth-order valence-electron chi connectivity index (χ4n) is 2.74. The number of halogens is 2. The van der Waals surface area contributed by atoms with Crippen LogP contribution in [0.1, 0.15) is 22.0 Å². The van der Waals surface area contributed by atoms with E-state index in [2.05, 4.69) is 10.6 Å². The van der Waals surface area contributed by atoms with Gasteiger partial charge in [0.05, 0.1) is 17.9 Å². The zero-order valence-corrected chi connectivity index (χ0v) is 16.0. The smallest absolute Gasteiger partial charge is 0.243 e. The van der Waals surface area contributed by atoms with Crippen LogP contribution in [-0.4, -0.2) is 23.3 Å². The summed E-state index contributed by atoms with van der Waals surface area (Å²) in [5, 5.41) is 16.0. The Morgan fingerprint density at radius 1 is 0.966 bits per heavy atom. The fraction of sp³-hybridized carbons (Fsp3) is 0.0909. The van der Waals surface area contributed by atoms with Gasteiger partial charge in [-0.3, -0.25) is 9.59 Å². The van der Waals surface area contributed by atoms with Crippen molar-refractivity contribution < 1.29 is 19.1 Å². The summed E-state index contributed by atoms with van der Waals surface area (Å²) < 4.78 is 13.7. The summed E-state index contributed by atoms with van der Waals surface area (Å²) in [6.07, 6.45) is -1.40. The summed E-state index contributed by atoms with van der Waals surface area (Å²) in [6, 6.07) is 18.8. The highest BCUT2D eigenvalue weighted by atomic mass is 35.5. The highest BCUT2D eigenvalue weighted by molar-refractivity contribution is 6.31. The minimum absolute atomic E-state index is 0.0769. The van der Waals surface area contributed by atoms with Crippen molar-refractivity contribution in [3.8, 4) is 0 Å². The lowest BCUT2D eigenvalue weighted by atomic mass is 9.98. The summed E-state index contributed by atoms with van der Waals surface area (Å²) in [4.78, 5) is 25.1. The number of ketones is 1. The van der Waals surface area contributed by atoms with Gasteiger partial charge in [-0.1, -0.05) is 54.1 Å². The predicted octanol–water partition coefficient (Wildman–Crippen LogP) is 4.45. The van der Waals surface area contributed by atoms with E-state index in [0.717, 1.165) is 0 Å². The van der Waals surface area contributed by atoms with Gasteiger partial charge >= 0.3 is 0 Å². The Hall–Kier alpha value is -3.22. The Bertz CT molecular complexity index is 1030. The van der Waals surface area contributed by atoms with Crippen LogP contribution < -0.4 is 10.6 Å². The molecule has 0 saturated heterocycles. The molecule has 29 heavy (non-hydrogen) atoms. The largest absolute Gasteiger partial charge is 0.380 e. The van der Waals surface area contributed by atoms with Crippen LogP contribution in [-0.2, 0) is 4.79 Å². The first-order valence-electron chi connectivity index (χ1n) is 8.80. The van der Waals surface area contributed by atoms with E-state index >= 15 is 0 Å². The molecule has 1 atom stereocenters. The van der Waals surface area contributed by atoms with Gasteiger partial charge in [-0.2, -0.15) is 0 Å². The van der Waals surface area contributed by atoms with Crippen molar-refractivity contribution in [1.82, 2.24) is 0 Å². The standard InChI is InChI=1S/C22H18ClFN2O3/c23-15-10-11-18(26-20(27)13-25-19-9-5-4-8-17(19)24)16(12-15)22(29)21(28)14-6-2-1-3-7-14/h1-12,21,25,28H,13H2,(H,26,27). The van der Waals surface area contributed by atoms with Crippen molar-refractivity contribution in [3.05, 3.63) is 94.8 Å². The summed E-state index contributed by atoms with van der Waals surface area (Å²) in [5.74, 6) is -1.57. The molecule has 0 radical (unpaired) electrons. The van der Waals surface area contributed by atoms with Crippen LogP contribution in [0.3, 0.4) is 0 Å². The molecule has 3 N–H and O–H groups in total. The van der Waals surface area contributed by atoms with E-state index in [0.29, 0.717) is 5.56 Å². The Labute approximate surface area is 172 Å². The molecule has 3 aromatic carbocycles. The van der Waals surface area contributed by atoms with Crippen molar-refractivity contribution >= 4 is 34.7 Å². The molecule has 1 amide bonds. The summed E-state index contributed by atoms with van der Waals surface area (Å²) in [6.45, 7) is -0.210. The number of para-hydroxylation sites is 1. The highest BCUT2D eigenvalue weighted by Crippen LogP contribution is 2.26. The number of hydrogen-bond acceptors (Lipinski definition) is 4. The van der Waals surface area contributed by atoms with Gasteiger partial charge in [0.15, 0.2) is 5.78 Å². The molecule has 0 aliphatic carbocycles. The van der Waals surface area contributed by atoms with Crippen molar-refractivity contribution in [3.63, 3.8) is 0 Å². The van der Waals surface area contributed by atoms with E-state index in [1.165, 1.54) is 30.3 Å². The molecule has 0 bridgehead atoms. The molecular weight excluding hydrogens is 395 g/mol. The Kier molecular flexibility index (Phi) is 6.59. The zero-order valence-electron chi connectivity index (χ0n) is 15.2. The first-order valence-corrected chi connectivity index (χ1v) is 9.18. The third-order valence-corrected chi connectivity index (χ3v) is 4.43. The van der Waals surface area contributed by atoms with Crippen LogP contribution in [0, 0.1) is 5.82 Å². The minimum Gasteiger partial charge on any atom is -0.380 e. The topological polar surface area (TPSA) is 78.4 Å². The lowest BCUT2D eigenvalue weighted by Gasteiger charge is -2.15. The molecule has 0 aliphatic rings. The van der Waals surface area contributed by atoms with E-state index in [9.17, 15) is 19.1 Å². The molecule has 0 spiro atoms. The van der Waals surface area contributed by atoms with Gasteiger partial charge < -0.3 is 15.7 Å². The average Bonchev–Trinajstić information content (AvgIpc) is 2.74. The Balaban J connectivity index is 1.75. The van der Waals surface area contributed by atoms with Gasteiger partial charge in [0.25, 0.3) is 0 Å². The lowest BCUT2D eigenvalue weighted by molar-refractivity contribution is -0.114. The van der Waals surface area contributed by atoms with Gasteiger partial charge in [0.2, 0.25) is 5.91 Å². The number of rotatable bonds is 7.